The summed E-state index contributed by atoms with van der Waals surface area (Å²) in [5.41, 5.74) is 0. The van der Waals surface area contributed by atoms with Gasteiger partial charge in [-0.05, 0) is 32.4 Å². The molecule has 0 aliphatic carbocycles. The minimum atomic E-state index is -3.59. The topological polar surface area (TPSA) is 82.5 Å². The van der Waals surface area contributed by atoms with Crippen LogP contribution in [0.15, 0.2) is 23.2 Å². The minimum absolute atomic E-state index is 0.157. The van der Waals surface area contributed by atoms with Crippen LogP contribution in [0.3, 0.4) is 0 Å². The highest BCUT2D eigenvalue weighted by Crippen LogP contribution is 2.21. The first-order valence-corrected chi connectivity index (χ1v) is 7.67. The van der Waals surface area contributed by atoms with Gasteiger partial charge in [-0.3, -0.25) is 0 Å². The average molecular weight is 287 g/mol. The van der Waals surface area contributed by atoms with Crippen LogP contribution in [0.4, 0.5) is 5.82 Å². The van der Waals surface area contributed by atoms with E-state index in [1.54, 1.807) is 19.2 Å². The zero-order valence-electron chi connectivity index (χ0n) is 11.5. The van der Waals surface area contributed by atoms with E-state index in [0.29, 0.717) is 18.8 Å². The second kappa shape index (κ2) is 6.83. The van der Waals surface area contributed by atoms with Gasteiger partial charge < -0.3 is 10.4 Å². The SMILES string of the molecule is CCNc1ncccc1S(=O)(=O)N(C)CCC(C)O. The summed E-state index contributed by atoms with van der Waals surface area (Å²) in [5, 5.41) is 12.2. The summed E-state index contributed by atoms with van der Waals surface area (Å²) in [5.74, 6) is 0.355. The smallest absolute Gasteiger partial charge is 0.246 e. The van der Waals surface area contributed by atoms with Crippen molar-refractivity contribution < 1.29 is 13.5 Å². The molecule has 0 saturated heterocycles. The second-order valence-corrected chi connectivity index (χ2v) is 6.36. The summed E-state index contributed by atoms with van der Waals surface area (Å²) in [4.78, 5) is 4.20. The summed E-state index contributed by atoms with van der Waals surface area (Å²) in [6, 6.07) is 3.12. The molecule has 1 aromatic rings. The summed E-state index contributed by atoms with van der Waals surface area (Å²) in [6.45, 7) is 4.37. The molecule has 108 valence electrons. The Balaban J connectivity index is 2.99. The highest BCUT2D eigenvalue weighted by molar-refractivity contribution is 7.89. The Labute approximate surface area is 114 Å². The third-order valence-electron chi connectivity index (χ3n) is 2.66. The molecular formula is C12H21N3O3S. The van der Waals surface area contributed by atoms with Gasteiger partial charge in [0.05, 0.1) is 6.10 Å². The van der Waals surface area contributed by atoms with Gasteiger partial charge in [-0.25, -0.2) is 17.7 Å². The van der Waals surface area contributed by atoms with E-state index in [1.165, 1.54) is 17.4 Å². The monoisotopic (exact) mass is 287 g/mol. The van der Waals surface area contributed by atoms with Gasteiger partial charge in [0.1, 0.15) is 10.7 Å². The highest BCUT2D eigenvalue weighted by Gasteiger charge is 2.24. The number of sulfonamides is 1. The third-order valence-corrected chi connectivity index (χ3v) is 4.55. The van der Waals surface area contributed by atoms with E-state index in [2.05, 4.69) is 10.3 Å². The molecule has 2 N–H and O–H groups in total. The predicted octanol–water partition coefficient (Wildman–Crippen LogP) is 0.905. The number of pyridine rings is 1. The van der Waals surface area contributed by atoms with E-state index in [1.807, 2.05) is 6.92 Å². The fourth-order valence-electron chi connectivity index (χ4n) is 1.56. The number of anilines is 1. The lowest BCUT2D eigenvalue weighted by molar-refractivity contribution is 0.177. The fourth-order valence-corrected chi connectivity index (χ4v) is 2.86. The van der Waals surface area contributed by atoms with Crippen LogP contribution >= 0.6 is 0 Å². The molecule has 0 aromatic carbocycles. The lowest BCUT2D eigenvalue weighted by Crippen LogP contribution is -2.30. The van der Waals surface area contributed by atoms with Crippen molar-refractivity contribution >= 4 is 15.8 Å². The van der Waals surface area contributed by atoms with E-state index in [9.17, 15) is 13.5 Å². The highest BCUT2D eigenvalue weighted by atomic mass is 32.2. The molecule has 6 nitrogen and oxygen atoms in total. The molecule has 0 saturated carbocycles. The van der Waals surface area contributed by atoms with Gasteiger partial charge in [0.15, 0.2) is 0 Å². The normalized spacial score (nSPS) is 13.5. The van der Waals surface area contributed by atoms with E-state index < -0.39 is 16.1 Å². The summed E-state index contributed by atoms with van der Waals surface area (Å²) in [6.07, 6.45) is 1.42. The molecule has 0 spiro atoms. The molecule has 19 heavy (non-hydrogen) atoms. The van der Waals surface area contributed by atoms with E-state index in [4.69, 9.17) is 0 Å². The summed E-state index contributed by atoms with van der Waals surface area (Å²) >= 11 is 0. The van der Waals surface area contributed by atoms with Gasteiger partial charge >= 0.3 is 0 Å². The Morgan fingerprint density at radius 1 is 1.53 bits per heavy atom. The van der Waals surface area contributed by atoms with Crippen LogP contribution in [-0.4, -0.2) is 49.1 Å². The van der Waals surface area contributed by atoms with Gasteiger partial charge in [0.2, 0.25) is 10.0 Å². The van der Waals surface area contributed by atoms with Crippen molar-refractivity contribution in [3.05, 3.63) is 18.3 Å². The molecule has 1 rings (SSSR count). The Kier molecular flexibility index (Phi) is 5.71. The number of rotatable bonds is 7. The third kappa shape index (κ3) is 4.15. The Morgan fingerprint density at radius 3 is 2.79 bits per heavy atom. The first-order chi connectivity index (χ1) is 8.89. The fraction of sp³-hybridized carbons (Fsp3) is 0.583. The molecule has 1 aromatic heterocycles. The van der Waals surface area contributed by atoms with Crippen LogP contribution in [-0.2, 0) is 10.0 Å². The van der Waals surface area contributed by atoms with Gasteiger partial charge in [0, 0.05) is 26.3 Å². The van der Waals surface area contributed by atoms with Crippen molar-refractivity contribution in [3.63, 3.8) is 0 Å². The maximum Gasteiger partial charge on any atom is 0.246 e. The van der Waals surface area contributed by atoms with Gasteiger partial charge in [-0.2, -0.15) is 0 Å². The van der Waals surface area contributed by atoms with Gasteiger partial charge in [-0.15, -0.1) is 0 Å². The van der Waals surface area contributed by atoms with Crippen molar-refractivity contribution in [2.24, 2.45) is 0 Å². The predicted molar refractivity (Wildman–Crippen MR) is 74.5 cm³/mol. The Hall–Kier alpha value is -1.18. The van der Waals surface area contributed by atoms with Crippen molar-refractivity contribution in [2.75, 3.05) is 25.5 Å². The number of hydrogen-bond acceptors (Lipinski definition) is 5. The summed E-state index contributed by atoms with van der Waals surface area (Å²) in [7, 11) is -2.09. The molecule has 0 radical (unpaired) electrons. The molecule has 1 unspecified atom stereocenters. The number of nitrogens with zero attached hydrogens (tertiary/aromatic N) is 2. The summed E-state index contributed by atoms with van der Waals surface area (Å²) < 4.78 is 26.0. The van der Waals surface area contributed by atoms with Crippen LogP contribution in [0.2, 0.25) is 0 Å². The number of aromatic nitrogens is 1. The van der Waals surface area contributed by atoms with Gasteiger partial charge in [0.25, 0.3) is 0 Å². The average Bonchev–Trinajstić information content (AvgIpc) is 2.36. The maximum absolute atomic E-state index is 12.4. The quantitative estimate of drug-likeness (QED) is 0.779. The number of hydrogen-bond donors (Lipinski definition) is 2. The Morgan fingerprint density at radius 2 is 2.21 bits per heavy atom. The number of aliphatic hydroxyl groups excluding tert-OH is 1. The van der Waals surface area contributed by atoms with Crippen molar-refractivity contribution in [3.8, 4) is 0 Å². The molecule has 7 heteroatoms. The number of nitrogens with one attached hydrogen (secondary N) is 1. The lowest BCUT2D eigenvalue weighted by Gasteiger charge is -2.19. The van der Waals surface area contributed by atoms with Gasteiger partial charge in [-0.1, -0.05) is 0 Å². The molecule has 1 atom stereocenters. The zero-order valence-corrected chi connectivity index (χ0v) is 12.3. The van der Waals surface area contributed by atoms with E-state index >= 15 is 0 Å². The van der Waals surface area contributed by atoms with E-state index in [0.717, 1.165) is 0 Å². The van der Waals surface area contributed by atoms with E-state index in [-0.39, 0.29) is 11.4 Å². The minimum Gasteiger partial charge on any atom is -0.393 e. The molecule has 0 aliphatic rings. The standard InChI is InChI=1S/C12H21N3O3S/c1-4-13-12-11(6-5-8-14-12)19(17,18)15(3)9-7-10(2)16/h5-6,8,10,16H,4,7,9H2,1-3H3,(H,13,14). The van der Waals surface area contributed by atoms with Crippen molar-refractivity contribution in [1.82, 2.24) is 9.29 Å². The molecule has 0 amide bonds. The second-order valence-electron chi connectivity index (χ2n) is 4.34. The largest absolute Gasteiger partial charge is 0.393 e. The lowest BCUT2D eigenvalue weighted by atomic mass is 10.3. The molecular weight excluding hydrogens is 266 g/mol. The number of aliphatic hydroxyl groups is 1. The van der Waals surface area contributed by atoms with Crippen molar-refractivity contribution in [1.29, 1.82) is 0 Å². The maximum atomic E-state index is 12.4. The molecule has 0 fully saturated rings. The van der Waals surface area contributed by atoms with Crippen LogP contribution in [0.25, 0.3) is 0 Å². The van der Waals surface area contributed by atoms with Crippen LogP contribution in [0, 0.1) is 0 Å². The first-order valence-electron chi connectivity index (χ1n) is 6.23. The van der Waals surface area contributed by atoms with Crippen LogP contribution in [0.5, 0.6) is 0 Å². The zero-order chi connectivity index (χ0) is 14.5. The molecule has 0 aliphatic heterocycles. The van der Waals surface area contributed by atoms with Crippen molar-refractivity contribution in [2.45, 2.75) is 31.3 Å². The molecule has 1 heterocycles. The molecule has 0 bridgehead atoms. The first kappa shape index (κ1) is 15.9. The Bertz CT molecular complexity index is 503. The van der Waals surface area contributed by atoms with Crippen LogP contribution < -0.4 is 5.32 Å². The van der Waals surface area contributed by atoms with Crippen LogP contribution in [0.1, 0.15) is 20.3 Å².